The highest BCUT2D eigenvalue weighted by Crippen LogP contribution is 2.29. The minimum Gasteiger partial charge on any atom is -0.334 e. The summed E-state index contributed by atoms with van der Waals surface area (Å²) in [6, 6.07) is 14.1. The number of carbonyl (C=O) groups excluding carboxylic acids is 1. The molecule has 1 fully saturated rings. The van der Waals surface area contributed by atoms with Crippen molar-refractivity contribution in [2.45, 2.75) is 25.4 Å². The Morgan fingerprint density at radius 1 is 1.30 bits per heavy atom. The first-order valence-corrected chi connectivity index (χ1v) is 9.23. The van der Waals surface area contributed by atoms with Crippen LogP contribution in [0.1, 0.15) is 40.8 Å². The summed E-state index contributed by atoms with van der Waals surface area (Å²) >= 11 is 0. The highest BCUT2D eigenvalue weighted by molar-refractivity contribution is 5.92. The third-order valence-corrected chi connectivity index (χ3v) is 5.11. The van der Waals surface area contributed by atoms with E-state index in [1.165, 1.54) is 6.42 Å². The summed E-state index contributed by atoms with van der Waals surface area (Å²) in [5.74, 6) is -0.104. The van der Waals surface area contributed by atoms with Crippen molar-refractivity contribution < 1.29 is 4.79 Å². The number of likely N-dealkylation sites (tertiary alicyclic amines) is 1. The van der Waals surface area contributed by atoms with E-state index in [4.69, 9.17) is 0 Å². The highest BCUT2D eigenvalue weighted by atomic mass is 16.2. The Labute approximate surface area is 158 Å². The van der Waals surface area contributed by atoms with Crippen LogP contribution in [0.2, 0.25) is 0 Å². The lowest BCUT2D eigenvalue weighted by Gasteiger charge is -2.17. The standard InChI is InChI=1S/C20H24N6O/c1-24-11-6-9-19(24)17-13-18(22-21-17)20(27)25(2)14-15-10-12-26(23-15)16-7-4-3-5-8-16/h3-5,7-8,10,12-13,19H,6,9,11,14H2,1-2H3,(H,21,22). The maximum atomic E-state index is 12.7. The second kappa shape index (κ2) is 7.36. The number of rotatable bonds is 5. The molecule has 0 saturated carbocycles. The van der Waals surface area contributed by atoms with Crippen LogP contribution in [0.4, 0.5) is 0 Å². The molecule has 1 unspecified atom stereocenters. The molecule has 7 heteroatoms. The van der Waals surface area contributed by atoms with E-state index in [9.17, 15) is 4.79 Å². The fourth-order valence-corrected chi connectivity index (χ4v) is 3.60. The van der Waals surface area contributed by atoms with E-state index in [1.54, 1.807) is 11.9 Å². The molecule has 2 aromatic heterocycles. The van der Waals surface area contributed by atoms with E-state index in [-0.39, 0.29) is 5.91 Å². The molecule has 1 atom stereocenters. The van der Waals surface area contributed by atoms with Crippen molar-refractivity contribution in [1.82, 2.24) is 29.8 Å². The molecule has 1 N–H and O–H groups in total. The molecule has 3 aromatic rings. The van der Waals surface area contributed by atoms with Gasteiger partial charge in [-0.25, -0.2) is 4.68 Å². The van der Waals surface area contributed by atoms with Crippen molar-refractivity contribution >= 4 is 5.91 Å². The smallest absolute Gasteiger partial charge is 0.274 e. The normalized spacial score (nSPS) is 17.3. The van der Waals surface area contributed by atoms with E-state index in [0.29, 0.717) is 18.3 Å². The van der Waals surface area contributed by atoms with Gasteiger partial charge < -0.3 is 4.90 Å². The molecule has 0 spiro atoms. The van der Waals surface area contributed by atoms with Crippen LogP contribution in [0.3, 0.4) is 0 Å². The summed E-state index contributed by atoms with van der Waals surface area (Å²) in [6.45, 7) is 1.52. The molecular weight excluding hydrogens is 340 g/mol. The highest BCUT2D eigenvalue weighted by Gasteiger charge is 2.26. The van der Waals surface area contributed by atoms with E-state index < -0.39 is 0 Å². The number of nitrogens with one attached hydrogen (secondary N) is 1. The van der Waals surface area contributed by atoms with Crippen LogP contribution >= 0.6 is 0 Å². The lowest BCUT2D eigenvalue weighted by atomic mass is 10.1. The van der Waals surface area contributed by atoms with Crippen molar-refractivity contribution in [3.8, 4) is 5.69 Å². The number of amides is 1. The lowest BCUT2D eigenvalue weighted by molar-refractivity contribution is 0.0777. The summed E-state index contributed by atoms with van der Waals surface area (Å²) in [6.07, 6.45) is 4.18. The maximum absolute atomic E-state index is 12.7. The summed E-state index contributed by atoms with van der Waals surface area (Å²) in [7, 11) is 3.88. The van der Waals surface area contributed by atoms with Gasteiger partial charge in [0.05, 0.1) is 29.7 Å². The van der Waals surface area contributed by atoms with Crippen LogP contribution in [-0.4, -0.2) is 56.3 Å². The van der Waals surface area contributed by atoms with Crippen molar-refractivity contribution in [3.05, 3.63) is 65.7 Å². The van der Waals surface area contributed by atoms with Gasteiger partial charge in [-0.3, -0.25) is 14.8 Å². The fourth-order valence-electron chi connectivity index (χ4n) is 3.60. The second-order valence-electron chi connectivity index (χ2n) is 7.10. The Morgan fingerprint density at radius 2 is 2.11 bits per heavy atom. The molecule has 140 valence electrons. The lowest BCUT2D eigenvalue weighted by Crippen LogP contribution is -2.26. The van der Waals surface area contributed by atoms with Gasteiger partial charge in [0.25, 0.3) is 5.91 Å². The molecule has 1 aromatic carbocycles. The quantitative estimate of drug-likeness (QED) is 0.756. The Hall–Kier alpha value is -2.93. The van der Waals surface area contributed by atoms with Gasteiger partial charge in [-0.15, -0.1) is 0 Å². The molecular formula is C20H24N6O. The van der Waals surface area contributed by atoms with Crippen molar-refractivity contribution in [2.24, 2.45) is 0 Å². The van der Waals surface area contributed by atoms with Crippen LogP contribution in [0, 0.1) is 0 Å². The average molecular weight is 364 g/mol. The molecule has 1 aliphatic rings. The number of H-pyrrole nitrogens is 1. The van der Waals surface area contributed by atoms with Crippen LogP contribution in [0.15, 0.2) is 48.7 Å². The Bertz CT molecular complexity index is 915. The van der Waals surface area contributed by atoms with Crippen LogP contribution in [0.5, 0.6) is 0 Å². The summed E-state index contributed by atoms with van der Waals surface area (Å²) in [5.41, 5.74) is 3.30. The summed E-state index contributed by atoms with van der Waals surface area (Å²) in [5, 5.41) is 11.8. The number of aromatic amines is 1. The number of para-hydroxylation sites is 1. The average Bonchev–Trinajstić information content (AvgIpc) is 3.42. The first kappa shape index (κ1) is 17.5. The second-order valence-corrected chi connectivity index (χ2v) is 7.10. The first-order chi connectivity index (χ1) is 13.1. The third kappa shape index (κ3) is 3.64. The van der Waals surface area contributed by atoms with Gasteiger partial charge in [0.1, 0.15) is 5.69 Å². The number of aromatic nitrogens is 4. The monoisotopic (exact) mass is 364 g/mol. The number of benzene rings is 1. The zero-order valence-corrected chi connectivity index (χ0v) is 15.7. The number of hydrogen-bond donors (Lipinski definition) is 1. The Balaban J connectivity index is 1.43. The molecule has 1 amide bonds. The number of hydrogen-bond acceptors (Lipinski definition) is 4. The molecule has 3 heterocycles. The minimum absolute atomic E-state index is 0.104. The van der Waals surface area contributed by atoms with E-state index in [2.05, 4.69) is 27.2 Å². The van der Waals surface area contributed by atoms with Crippen molar-refractivity contribution in [2.75, 3.05) is 20.6 Å². The van der Waals surface area contributed by atoms with E-state index in [1.807, 2.05) is 53.3 Å². The van der Waals surface area contributed by atoms with E-state index >= 15 is 0 Å². The predicted octanol–water partition coefficient (Wildman–Crippen LogP) is 2.63. The fraction of sp³-hybridized carbons (Fsp3) is 0.350. The van der Waals surface area contributed by atoms with Gasteiger partial charge in [0.15, 0.2) is 0 Å². The minimum atomic E-state index is -0.104. The van der Waals surface area contributed by atoms with Crippen molar-refractivity contribution in [3.63, 3.8) is 0 Å². The zero-order valence-electron chi connectivity index (χ0n) is 15.7. The van der Waals surface area contributed by atoms with Crippen LogP contribution in [0.25, 0.3) is 5.69 Å². The number of carbonyl (C=O) groups is 1. The topological polar surface area (TPSA) is 70.1 Å². The van der Waals surface area contributed by atoms with Crippen LogP contribution in [-0.2, 0) is 6.54 Å². The largest absolute Gasteiger partial charge is 0.334 e. The first-order valence-electron chi connectivity index (χ1n) is 9.23. The molecule has 7 nitrogen and oxygen atoms in total. The van der Waals surface area contributed by atoms with Crippen molar-refractivity contribution in [1.29, 1.82) is 0 Å². The molecule has 4 rings (SSSR count). The third-order valence-electron chi connectivity index (χ3n) is 5.11. The molecule has 1 saturated heterocycles. The van der Waals surface area contributed by atoms with Gasteiger partial charge in [-0.2, -0.15) is 10.2 Å². The number of nitrogens with zero attached hydrogens (tertiary/aromatic N) is 5. The zero-order chi connectivity index (χ0) is 18.8. The van der Waals surface area contributed by atoms with Gasteiger partial charge in [0.2, 0.25) is 0 Å². The van der Waals surface area contributed by atoms with Gasteiger partial charge in [-0.05, 0) is 50.7 Å². The van der Waals surface area contributed by atoms with Crippen LogP contribution < -0.4 is 0 Å². The molecule has 0 radical (unpaired) electrons. The molecule has 1 aliphatic heterocycles. The maximum Gasteiger partial charge on any atom is 0.274 e. The summed E-state index contributed by atoms with van der Waals surface area (Å²) < 4.78 is 1.82. The van der Waals surface area contributed by atoms with Gasteiger partial charge in [0, 0.05) is 13.2 Å². The van der Waals surface area contributed by atoms with E-state index in [0.717, 1.165) is 30.0 Å². The summed E-state index contributed by atoms with van der Waals surface area (Å²) in [4.78, 5) is 16.7. The predicted molar refractivity (Wildman–Crippen MR) is 103 cm³/mol. The molecule has 0 bridgehead atoms. The molecule has 27 heavy (non-hydrogen) atoms. The Morgan fingerprint density at radius 3 is 2.85 bits per heavy atom. The van der Waals surface area contributed by atoms with Gasteiger partial charge in [-0.1, -0.05) is 18.2 Å². The Kier molecular flexibility index (Phi) is 4.77. The molecule has 0 aliphatic carbocycles. The van der Waals surface area contributed by atoms with Gasteiger partial charge >= 0.3 is 0 Å². The SMILES string of the molecule is CN(Cc1ccn(-c2ccccc2)n1)C(=O)c1cc(C2CCCN2C)[nH]n1.